The van der Waals surface area contributed by atoms with Crippen LogP contribution in [0.1, 0.15) is 25.8 Å². The highest BCUT2D eigenvalue weighted by Gasteiger charge is 2.22. The SMILES string of the molecule is CC(C)(CC(=O)O)Cc1ccc2oc(=O)[nH]c2c1. The number of hydrogen-bond donors (Lipinski definition) is 2. The maximum atomic E-state index is 11.0. The van der Waals surface area contributed by atoms with Gasteiger partial charge in [0.05, 0.1) is 11.9 Å². The Hall–Kier alpha value is -2.04. The Morgan fingerprint density at radius 3 is 2.83 bits per heavy atom. The van der Waals surface area contributed by atoms with Gasteiger partial charge in [-0.3, -0.25) is 9.78 Å². The smallest absolute Gasteiger partial charge is 0.417 e. The van der Waals surface area contributed by atoms with Gasteiger partial charge in [0, 0.05) is 0 Å². The van der Waals surface area contributed by atoms with Crippen LogP contribution in [-0.4, -0.2) is 16.1 Å². The number of fused-ring (bicyclic) bond motifs is 1. The van der Waals surface area contributed by atoms with Crippen LogP contribution >= 0.6 is 0 Å². The lowest BCUT2D eigenvalue weighted by atomic mass is 9.83. The summed E-state index contributed by atoms with van der Waals surface area (Å²) in [5, 5.41) is 8.84. The van der Waals surface area contributed by atoms with Crippen LogP contribution in [0.2, 0.25) is 0 Å². The molecule has 0 spiro atoms. The molecule has 18 heavy (non-hydrogen) atoms. The Bertz CT molecular complexity index is 636. The monoisotopic (exact) mass is 249 g/mol. The Labute approximate surface area is 103 Å². The summed E-state index contributed by atoms with van der Waals surface area (Å²) >= 11 is 0. The van der Waals surface area contributed by atoms with Crippen LogP contribution in [0.25, 0.3) is 11.1 Å². The van der Waals surface area contributed by atoms with E-state index < -0.39 is 11.7 Å². The highest BCUT2D eigenvalue weighted by molar-refractivity contribution is 5.73. The zero-order chi connectivity index (χ0) is 13.3. The summed E-state index contributed by atoms with van der Waals surface area (Å²) in [6.07, 6.45) is 0.732. The predicted octanol–water partition coefficient (Wildman–Crippen LogP) is 2.16. The van der Waals surface area contributed by atoms with Crippen LogP contribution in [0.5, 0.6) is 0 Å². The van der Waals surface area contributed by atoms with E-state index in [0.717, 1.165) is 5.56 Å². The van der Waals surface area contributed by atoms with E-state index in [-0.39, 0.29) is 11.8 Å². The first kappa shape index (κ1) is 12.4. The van der Waals surface area contributed by atoms with E-state index in [4.69, 9.17) is 9.52 Å². The minimum Gasteiger partial charge on any atom is -0.481 e. The first-order chi connectivity index (χ1) is 8.35. The quantitative estimate of drug-likeness (QED) is 0.869. The van der Waals surface area contributed by atoms with Crippen molar-refractivity contribution >= 4 is 17.1 Å². The zero-order valence-corrected chi connectivity index (χ0v) is 10.3. The van der Waals surface area contributed by atoms with Gasteiger partial charge in [0.1, 0.15) is 0 Å². The molecule has 1 heterocycles. The molecule has 0 bridgehead atoms. The van der Waals surface area contributed by atoms with E-state index in [1.165, 1.54) is 0 Å². The van der Waals surface area contributed by atoms with E-state index in [1.54, 1.807) is 6.07 Å². The summed E-state index contributed by atoms with van der Waals surface area (Å²) in [6, 6.07) is 5.39. The zero-order valence-electron chi connectivity index (χ0n) is 10.3. The number of carboxylic acid groups (broad SMARTS) is 1. The number of carbonyl (C=O) groups is 1. The van der Waals surface area contributed by atoms with Crippen molar-refractivity contribution in [2.75, 3.05) is 0 Å². The molecule has 0 aliphatic heterocycles. The van der Waals surface area contributed by atoms with E-state index in [9.17, 15) is 9.59 Å². The molecule has 2 N–H and O–H groups in total. The largest absolute Gasteiger partial charge is 0.481 e. The number of aromatic nitrogens is 1. The molecule has 0 radical (unpaired) electrons. The molecule has 0 aliphatic carbocycles. The van der Waals surface area contributed by atoms with Crippen molar-refractivity contribution < 1.29 is 14.3 Å². The lowest BCUT2D eigenvalue weighted by Gasteiger charge is -2.22. The summed E-state index contributed by atoms with van der Waals surface area (Å²) in [4.78, 5) is 24.4. The lowest BCUT2D eigenvalue weighted by molar-refractivity contribution is -0.139. The molecule has 5 nitrogen and oxygen atoms in total. The molecule has 0 amide bonds. The normalized spacial score (nSPS) is 11.9. The molecular formula is C13H15NO4. The molecule has 0 unspecified atom stereocenters. The summed E-state index contributed by atoms with van der Waals surface area (Å²) in [5.41, 5.74) is 1.80. The van der Waals surface area contributed by atoms with Crippen molar-refractivity contribution in [1.29, 1.82) is 0 Å². The fraction of sp³-hybridized carbons (Fsp3) is 0.385. The molecule has 0 saturated carbocycles. The van der Waals surface area contributed by atoms with Crippen LogP contribution in [-0.2, 0) is 11.2 Å². The van der Waals surface area contributed by atoms with Crippen LogP contribution < -0.4 is 5.76 Å². The number of H-pyrrole nitrogens is 1. The van der Waals surface area contributed by atoms with Crippen LogP contribution in [0.3, 0.4) is 0 Å². The maximum absolute atomic E-state index is 11.0. The molecule has 2 rings (SSSR count). The standard InChI is InChI=1S/C13H15NO4/c1-13(2,7-11(15)16)6-8-3-4-10-9(5-8)14-12(17)18-10/h3-5H,6-7H2,1-2H3,(H,14,17)(H,15,16). The molecule has 96 valence electrons. The second-order valence-electron chi connectivity index (χ2n) is 5.26. The van der Waals surface area contributed by atoms with Gasteiger partial charge in [-0.25, -0.2) is 4.79 Å². The van der Waals surface area contributed by atoms with E-state index in [1.807, 2.05) is 26.0 Å². The van der Waals surface area contributed by atoms with Gasteiger partial charge >= 0.3 is 11.7 Å². The Morgan fingerprint density at radius 2 is 2.17 bits per heavy atom. The van der Waals surface area contributed by atoms with Crippen molar-refractivity contribution in [2.24, 2.45) is 5.41 Å². The molecule has 0 atom stereocenters. The van der Waals surface area contributed by atoms with Crippen molar-refractivity contribution in [3.05, 3.63) is 34.3 Å². The number of nitrogens with one attached hydrogen (secondary N) is 1. The van der Waals surface area contributed by atoms with Crippen molar-refractivity contribution in [3.63, 3.8) is 0 Å². The first-order valence-electron chi connectivity index (χ1n) is 5.69. The molecule has 5 heteroatoms. The molecule has 0 fully saturated rings. The number of aliphatic carboxylic acids is 1. The minimum absolute atomic E-state index is 0.104. The van der Waals surface area contributed by atoms with Crippen LogP contribution in [0, 0.1) is 5.41 Å². The summed E-state index contributed by atoms with van der Waals surface area (Å²) in [7, 11) is 0. The fourth-order valence-electron chi connectivity index (χ4n) is 2.13. The summed E-state index contributed by atoms with van der Waals surface area (Å²) < 4.78 is 4.91. The third kappa shape index (κ3) is 2.80. The number of rotatable bonds is 4. The van der Waals surface area contributed by atoms with Crippen molar-refractivity contribution in [2.45, 2.75) is 26.7 Å². The average Bonchev–Trinajstić information content (AvgIpc) is 2.54. The molecule has 1 aromatic carbocycles. The first-order valence-corrected chi connectivity index (χ1v) is 5.69. The third-order valence-corrected chi connectivity index (χ3v) is 2.80. The van der Waals surface area contributed by atoms with Gasteiger partial charge < -0.3 is 9.52 Å². The van der Waals surface area contributed by atoms with Gasteiger partial charge in [0.15, 0.2) is 5.58 Å². The second-order valence-corrected chi connectivity index (χ2v) is 5.26. The molecule has 2 aromatic rings. The topological polar surface area (TPSA) is 83.3 Å². The number of oxazole rings is 1. The van der Waals surface area contributed by atoms with E-state index in [2.05, 4.69) is 4.98 Å². The maximum Gasteiger partial charge on any atom is 0.417 e. The minimum atomic E-state index is -0.808. The highest BCUT2D eigenvalue weighted by Crippen LogP contribution is 2.27. The Kier molecular flexibility index (Phi) is 2.98. The number of carboxylic acids is 1. The number of hydrogen-bond acceptors (Lipinski definition) is 3. The van der Waals surface area contributed by atoms with Gasteiger partial charge in [0.25, 0.3) is 0 Å². The second kappa shape index (κ2) is 4.33. The fourth-order valence-corrected chi connectivity index (χ4v) is 2.13. The summed E-state index contributed by atoms with van der Waals surface area (Å²) in [5.74, 6) is -1.29. The average molecular weight is 249 g/mol. The van der Waals surface area contributed by atoms with Crippen LogP contribution in [0.4, 0.5) is 0 Å². The van der Waals surface area contributed by atoms with Crippen LogP contribution in [0.15, 0.2) is 27.4 Å². The molecule has 1 aromatic heterocycles. The molecular weight excluding hydrogens is 234 g/mol. The van der Waals surface area contributed by atoms with Crippen molar-refractivity contribution in [3.8, 4) is 0 Å². The third-order valence-electron chi connectivity index (χ3n) is 2.80. The molecule has 0 aliphatic rings. The predicted molar refractivity (Wildman–Crippen MR) is 66.6 cm³/mol. The lowest BCUT2D eigenvalue weighted by Crippen LogP contribution is -2.19. The number of benzene rings is 1. The number of aromatic amines is 1. The molecule has 0 saturated heterocycles. The van der Waals surface area contributed by atoms with Gasteiger partial charge in [-0.1, -0.05) is 19.9 Å². The van der Waals surface area contributed by atoms with Crippen molar-refractivity contribution in [1.82, 2.24) is 4.98 Å². The van der Waals surface area contributed by atoms with Gasteiger partial charge in [-0.15, -0.1) is 0 Å². The Morgan fingerprint density at radius 1 is 1.44 bits per heavy atom. The van der Waals surface area contributed by atoms with Gasteiger partial charge in [-0.05, 0) is 29.5 Å². The highest BCUT2D eigenvalue weighted by atomic mass is 16.4. The van der Waals surface area contributed by atoms with Gasteiger partial charge in [0.2, 0.25) is 0 Å². The summed E-state index contributed by atoms with van der Waals surface area (Å²) in [6.45, 7) is 3.81. The van der Waals surface area contributed by atoms with E-state index in [0.29, 0.717) is 17.5 Å². The van der Waals surface area contributed by atoms with Gasteiger partial charge in [-0.2, -0.15) is 0 Å². The van der Waals surface area contributed by atoms with E-state index >= 15 is 0 Å². The Balaban J connectivity index is 2.26.